The third-order valence-corrected chi connectivity index (χ3v) is 2.16. The average molecular weight is 225 g/mol. The Labute approximate surface area is 97.8 Å². The van der Waals surface area contributed by atoms with Gasteiger partial charge in [0, 0.05) is 31.8 Å². The van der Waals surface area contributed by atoms with Crippen LogP contribution in [0.3, 0.4) is 0 Å². The largest absolute Gasteiger partial charge is 0.379 e. The maximum Gasteiger partial charge on any atom is 0.0950 e. The van der Waals surface area contributed by atoms with Crippen molar-refractivity contribution in [2.75, 3.05) is 13.2 Å². The number of aromatic nitrogens is 2. The van der Waals surface area contributed by atoms with Gasteiger partial charge in [0.15, 0.2) is 0 Å². The van der Waals surface area contributed by atoms with E-state index in [1.807, 2.05) is 19.4 Å². The first-order valence-corrected chi connectivity index (χ1v) is 5.92. The van der Waals surface area contributed by atoms with Gasteiger partial charge in [-0.05, 0) is 12.8 Å². The van der Waals surface area contributed by atoms with Gasteiger partial charge >= 0.3 is 0 Å². The average Bonchev–Trinajstić information content (AvgIpc) is 2.59. The minimum absolute atomic E-state index is 0.167. The molecule has 1 heterocycles. The number of rotatable bonds is 7. The lowest BCUT2D eigenvalue weighted by atomic mass is 10.2. The Balaban J connectivity index is 2.24. The van der Waals surface area contributed by atoms with Gasteiger partial charge in [0.1, 0.15) is 0 Å². The molecule has 1 unspecified atom stereocenters. The van der Waals surface area contributed by atoms with Crippen molar-refractivity contribution in [3.05, 3.63) is 18.2 Å². The summed E-state index contributed by atoms with van der Waals surface area (Å²) in [6.07, 6.45) is 4.72. The maximum absolute atomic E-state index is 5.71. The summed E-state index contributed by atoms with van der Waals surface area (Å²) < 4.78 is 7.57. The van der Waals surface area contributed by atoms with Gasteiger partial charge in [-0.1, -0.05) is 13.8 Å². The molecule has 0 saturated carbocycles. The molecule has 1 aromatic rings. The van der Waals surface area contributed by atoms with Crippen LogP contribution < -0.4 is 5.73 Å². The molecule has 0 aliphatic rings. The predicted octanol–water partition coefficient (Wildman–Crippen LogP) is 1.45. The highest BCUT2D eigenvalue weighted by atomic mass is 16.5. The van der Waals surface area contributed by atoms with Crippen LogP contribution in [0.25, 0.3) is 0 Å². The van der Waals surface area contributed by atoms with Crippen LogP contribution in [0.2, 0.25) is 0 Å². The van der Waals surface area contributed by atoms with Gasteiger partial charge in [-0.25, -0.2) is 4.98 Å². The van der Waals surface area contributed by atoms with Gasteiger partial charge < -0.3 is 15.0 Å². The van der Waals surface area contributed by atoms with Crippen LogP contribution in [0.15, 0.2) is 12.5 Å². The van der Waals surface area contributed by atoms with Crippen LogP contribution in [0.5, 0.6) is 0 Å². The highest BCUT2D eigenvalue weighted by Crippen LogP contribution is 2.00. The molecule has 0 amide bonds. The number of nitrogens with zero attached hydrogens (tertiary/aromatic N) is 2. The predicted molar refractivity (Wildman–Crippen MR) is 65.2 cm³/mol. The van der Waals surface area contributed by atoms with Crippen molar-refractivity contribution in [2.45, 2.75) is 39.8 Å². The minimum Gasteiger partial charge on any atom is -0.379 e. The molecule has 0 aliphatic heterocycles. The number of hydrogen-bond acceptors (Lipinski definition) is 3. The zero-order valence-corrected chi connectivity index (χ0v) is 10.5. The Kier molecular flexibility index (Phi) is 5.49. The van der Waals surface area contributed by atoms with Crippen LogP contribution in [-0.4, -0.2) is 28.8 Å². The zero-order valence-electron chi connectivity index (χ0n) is 10.5. The van der Waals surface area contributed by atoms with Crippen molar-refractivity contribution in [1.82, 2.24) is 9.55 Å². The molecule has 4 heteroatoms. The molecule has 4 nitrogen and oxygen atoms in total. The highest BCUT2D eigenvalue weighted by Gasteiger charge is 2.02. The second-order valence-electron chi connectivity index (χ2n) is 4.75. The third-order valence-electron chi connectivity index (χ3n) is 2.16. The van der Waals surface area contributed by atoms with Gasteiger partial charge in [-0.3, -0.25) is 0 Å². The van der Waals surface area contributed by atoms with Gasteiger partial charge in [0.2, 0.25) is 0 Å². The molecule has 0 saturated heterocycles. The highest BCUT2D eigenvalue weighted by molar-refractivity contribution is 4.98. The van der Waals surface area contributed by atoms with Crippen LogP contribution in [0.1, 0.15) is 26.5 Å². The van der Waals surface area contributed by atoms with E-state index in [-0.39, 0.29) is 6.04 Å². The lowest BCUT2D eigenvalue weighted by Gasteiger charge is -2.06. The maximum atomic E-state index is 5.71. The normalized spacial score (nSPS) is 13.3. The van der Waals surface area contributed by atoms with Crippen molar-refractivity contribution in [2.24, 2.45) is 11.7 Å². The first-order valence-electron chi connectivity index (χ1n) is 5.92. The molecule has 2 N–H and O–H groups in total. The lowest BCUT2D eigenvalue weighted by Crippen LogP contribution is -2.17. The van der Waals surface area contributed by atoms with Gasteiger partial charge in [-0.2, -0.15) is 0 Å². The minimum atomic E-state index is 0.167. The number of ether oxygens (including phenoxy) is 1. The molecule has 1 rings (SSSR count). The second kappa shape index (κ2) is 6.66. The molecule has 0 radical (unpaired) electrons. The molecule has 0 fully saturated rings. The van der Waals surface area contributed by atoms with E-state index in [4.69, 9.17) is 10.5 Å². The number of imidazole rings is 1. The Hall–Kier alpha value is -0.870. The molecule has 0 aliphatic carbocycles. The zero-order chi connectivity index (χ0) is 12.0. The summed E-state index contributed by atoms with van der Waals surface area (Å²) in [5.41, 5.74) is 6.77. The first-order chi connectivity index (χ1) is 7.58. The summed E-state index contributed by atoms with van der Waals surface area (Å²) in [5, 5.41) is 0. The first kappa shape index (κ1) is 13.2. The molecule has 92 valence electrons. The Morgan fingerprint density at radius 2 is 2.19 bits per heavy atom. The van der Waals surface area contributed by atoms with E-state index in [0.717, 1.165) is 31.9 Å². The van der Waals surface area contributed by atoms with E-state index in [1.54, 1.807) is 0 Å². The van der Waals surface area contributed by atoms with E-state index in [9.17, 15) is 0 Å². The topological polar surface area (TPSA) is 53.1 Å². The van der Waals surface area contributed by atoms with E-state index in [1.165, 1.54) is 0 Å². The van der Waals surface area contributed by atoms with Crippen LogP contribution in [0, 0.1) is 5.92 Å². The van der Waals surface area contributed by atoms with E-state index in [2.05, 4.69) is 23.4 Å². The summed E-state index contributed by atoms with van der Waals surface area (Å²) in [7, 11) is 0. The molecule has 1 atom stereocenters. The molecule has 0 aromatic carbocycles. The van der Waals surface area contributed by atoms with Crippen molar-refractivity contribution in [3.8, 4) is 0 Å². The molecule has 1 aromatic heterocycles. The number of nitrogens with two attached hydrogens (primary N) is 1. The second-order valence-corrected chi connectivity index (χ2v) is 4.75. The van der Waals surface area contributed by atoms with Crippen molar-refractivity contribution in [1.29, 1.82) is 0 Å². The molecule has 0 bridgehead atoms. The monoisotopic (exact) mass is 225 g/mol. The van der Waals surface area contributed by atoms with E-state index in [0.29, 0.717) is 5.92 Å². The number of hydrogen-bond donors (Lipinski definition) is 1. The van der Waals surface area contributed by atoms with Gasteiger partial charge in [-0.15, -0.1) is 0 Å². The fraction of sp³-hybridized carbons (Fsp3) is 0.750. The fourth-order valence-corrected chi connectivity index (χ4v) is 1.45. The van der Waals surface area contributed by atoms with E-state index < -0.39 is 0 Å². The summed E-state index contributed by atoms with van der Waals surface area (Å²) in [6, 6.07) is 0.167. The van der Waals surface area contributed by atoms with Crippen LogP contribution in [0.4, 0.5) is 0 Å². The van der Waals surface area contributed by atoms with Crippen molar-refractivity contribution in [3.63, 3.8) is 0 Å². The summed E-state index contributed by atoms with van der Waals surface area (Å²) in [5.74, 6) is 0.594. The molecular weight excluding hydrogens is 202 g/mol. The van der Waals surface area contributed by atoms with Crippen LogP contribution >= 0.6 is 0 Å². The summed E-state index contributed by atoms with van der Waals surface area (Å²) in [4.78, 5) is 4.30. The van der Waals surface area contributed by atoms with Crippen molar-refractivity contribution < 1.29 is 4.74 Å². The van der Waals surface area contributed by atoms with Crippen LogP contribution in [-0.2, 0) is 17.7 Å². The molecular formula is C12H23N3O. The van der Waals surface area contributed by atoms with Gasteiger partial charge in [0.25, 0.3) is 0 Å². The van der Waals surface area contributed by atoms with Crippen molar-refractivity contribution >= 4 is 0 Å². The third kappa shape index (κ3) is 5.28. The Morgan fingerprint density at radius 3 is 2.81 bits per heavy atom. The summed E-state index contributed by atoms with van der Waals surface area (Å²) in [6.45, 7) is 8.72. The molecule has 16 heavy (non-hydrogen) atoms. The molecule has 0 spiro atoms. The lowest BCUT2D eigenvalue weighted by molar-refractivity contribution is 0.103. The smallest absolute Gasteiger partial charge is 0.0950 e. The standard InChI is InChI=1S/C12H23N3O/c1-10(2)8-16-5-4-15-7-12(14-9-15)6-11(3)13/h7,9-11H,4-6,8,13H2,1-3H3. The Bertz CT molecular complexity index is 294. The van der Waals surface area contributed by atoms with Gasteiger partial charge in [0.05, 0.1) is 18.6 Å². The SMILES string of the molecule is CC(C)COCCn1cnc(CC(C)N)c1. The Morgan fingerprint density at radius 1 is 1.44 bits per heavy atom. The quantitative estimate of drug-likeness (QED) is 0.714. The summed E-state index contributed by atoms with van der Waals surface area (Å²) >= 11 is 0. The van der Waals surface area contributed by atoms with E-state index >= 15 is 0 Å². The fourth-order valence-electron chi connectivity index (χ4n) is 1.45.